The molecule has 1 aromatic heterocycles. The Morgan fingerprint density at radius 1 is 0.607 bits per heavy atom. The predicted molar refractivity (Wildman–Crippen MR) is 116 cm³/mol. The molecule has 7 rings (SSSR count). The first-order valence-electron chi connectivity index (χ1n) is 9.22. The molecule has 0 atom stereocenters. The van der Waals surface area contributed by atoms with Crippen LogP contribution in [0.2, 0.25) is 0 Å². The summed E-state index contributed by atoms with van der Waals surface area (Å²) in [5.74, 6) is 0.724. The van der Waals surface area contributed by atoms with Crippen molar-refractivity contribution < 1.29 is 0 Å². The van der Waals surface area contributed by atoms with E-state index in [1.165, 1.54) is 47.3 Å². The lowest BCUT2D eigenvalue weighted by atomic mass is 9.34. The van der Waals surface area contributed by atoms with Crippen molar-refractivity contribution >= 4 is 63.9 Å². The maximum absolute atomic E-state index is 4.59. The summed E-state index contributed by atoms with van der Waals surface area (Å²) in [4.78, 5) is 16.8. The summed E-state index contributed by atoms with van der Waals surface area (Å²) in [6.07, 6.45) is 3.63. The zero-order chi connectivity index (χ0) is 18.2. The van der Waals surface area contributed by atoms with Gasteiger partial charge in [0, 0.05) is 43.4 Å². The highest BCUT2D eigenvalue weighted by Crippen LogP contribution is 2.45. The largest absolute Gasteiger partial charge is 0.280 e. The average Bonchev–Trinajstić information content (AvgIpc) is 2.75. The molecule has 4 aromatic rings. The third-order valence-electron chi connectivity index (χ3n) is 5.65. The molecular weight excluding hydrogens is 381 g/mol. The minimum Gasteiger partial charge on any atom is -0.280 e. The molecule has 0 saturated heterocycles. The van der Waals surface area contributed by atoms with Crippen molar-refractivity contribution in [2.45, 2.75) is 19.6 Å². The molecule has 0 amide bonds. The number of hydrogen-bond acceptors (Lipinski definition) is 5. The van der Waals surface area contributed by atoms with E-state index < -0.39 is 0 Å². The van der Waals surface area contributed by atoms with Gasteiger partial charge in [-0.3, -0.25) is 4.90 Å². The van der Waals surface area contributed by atoms with Crippen LogP contribution in [-0.4, -0.2) is 16.7 Å². The Labute approximate surface area is 171 Å². The van der Waals surface area contributed by atoms with Gasteiger partial charge in [-0.25, -0.2) is 9.97 Å². The van der Waals surface area contributed by atoms with Gasteiger partial charge in [-0.15, -0.1) is 0 Å². The number of anilines is 3. The first kappa shape index (κ1) is 15.3. The number of hydrogen-bond donors (Lipinski definition) is 0. The molecule has 130 valence electrons. The van der Waals surface area contributed by atoms with Crippen LogP contribution in [0.25, 0.3) is 0 Å². The monoisotopic (exact) mass is 393 g/mol. The SMILES string of the molecule is c1cnc(N2c3cccc4c3B3c5c(cccc5Sc5cccc2c53)S4)nc1. The van der Waals surface area contributed by atoms with E-state index >= 15 is 0 Å². The van der Waals surface area contributed by atoms with Crippen molar-refractivity contribution in [3.63, 3.8) is 0 Å². The topological polar surface area (TPSA) is 29.0 Å². The molecule has 0 radical (unpaired) electrons. The van der Waals surface area contributed by atoms with E-state index in [9.17, 15) is 0 Å². The van der Waals surface area contributed by atoms with Gasteiger partial charge < -0.3 is 0 Å². The van der Waals surface area contributed by atoms with Crippen molar-refractivity contribution in [1.29, 1.82) is 0 Å². The quantitative estimate of drug-likeness (QED) is 0.397. The minimum atomic E-state index is 0.283. The molecule has 28 heavy (non-hydrogen) atoms. The fourth-order valence-corrected chi connectivity index (χ4v) is 7.09. The highest BCUT2D eigenvalue weighted by molar-refractivity contribution is 8.01. The summed E-state index contributed by atoms with van der Waals surface area (Å²) in [5.41, 5.74) is 6.63. The summed E-state index contributed by atoms with van der Waals surface area (Å²) in [6.45, 7) is 0.283. The van der Waals surface area contributed by atoms with Crippen molar-refractivity contribution in [2.75, 3.05) is 4.90 Å². The van der Waals surface area contributed by atoms with E-state index in [1.54, 1.807) is 0 Å². The first-order chi connectivity index (χ1) is 13.9. The van der Waals surface area contributed by atoms with Crippen LogP contribution in [0, 0.1) is 0 Å². The van der Waals surface area contributed by atoms with E-state index in [0.717, 1.165) is 5.95 Å². The Morgan fingerprint density at radius 2 is 1.11 bits per heavy atom. The normalized spacial score (nSPS) is 14.7. The first-order valence-corrected chi connectivity index (χ1v) is 10.8. The molecule has 3 nitrogen and oxygen atoms in total. The van der Waals surface area contributed by atoms with Crippen LogP contribution in [-0.2, 0) is 0 Å². The van der Waals surface area contributed by atoms with E-state index in [-0.39, 0.29) is 6.71 Å². The van der Waals surface area contributed by atoms with Gasteiger partial charge in [-0.2, -0.15) is 0 Å². The van der Waals surface area contributed by atoms with Crippen molar-refractivity contribution in [2.24, 2.45) is 0 Å². The van der Waals surface area contributed by atoms with Crippen LogP contribution >= 0.6 is 23.5 Å². The Hall–Kier alpha value is -2.70. The molecule has 3 aliphatic heterocycles. The van der Waals surface area contributed by atoms with Gasteiger partial charge >= 0.3 is 0 Å². The molecule has 0 fully saturated rings. The second kappa shape index (κ2) is 5.43. The molecule has 0 spiro atoms. The summed E-state index contributed by atoms with van der Waals surface area (Å²) in [5, 5.41) is 0. The van der Waals surface area contributed by atoms with Crippen LogP contribution in [0.15, 0.2) is 92.6 Å². The Balaban J connectivity index is 1.63. The fourth-order valence-electron chi connectivity index (χ4n) is 4.62. The van der Waals surface area contributed by atoms with Crippen LogP contribution in [0.1, 0.15) is 0 Å². The molecule has 0 aliphatic carbocycles. The zero-order valence-electron chi connectivity index (χ0n) is 14.7. The lowest BCUT2D eigenvalue weighted by molar-refractivity contribution is 1.08. The smallest absolute Gasteiger partial charge is 0.252 e. The van der Waals surface area contributed by atoms with E-state index in [1.807, 2.05) is 42.0 Å². The second-order valence-electron chi connectivity index (χ2n) is 7.07. The predicted octanol–water partition coefficient (Wildman–Crippen LogP) is 3.71. The molecule has 6 heteroatoms. The standard InChI is InChI=1S/C22H12BN3S2/c1-5-13-19-15(7-1)27-17-9-3-10-18-21(17)23(19)20-14(6-2-8-16(20)28-18)26(13)22-24-11-4-12-25-22/h1-12H. The van der Waals surface area contributed by atoms with Gasteiger partial charge in [0.15, 0.2) is 0 Å². The van der Waals surface area contributed by atoms with Crippen molar-refractivity contribution in [3.05, 3.63) is 73.1 Å². The number of rotatable bonds is 1. The summed E-state index contributed by atoms with van der Waals surface area (Å²) in [6, 6.07) is 21.8. The van der Waals surface area contributed by atoms with Crippen LogP contribution in [0.5, 0.6) is 0 Å². The fraction of sp³-hybridized carbons (Fsp3) is 0. The van der Waals surface area contributed by atoms with E-state index in [0.29, 0.717) is 0 Å². The third kappa shape index (κ3) is 1.84. The minimum absolute atomic E-state index is 0.283. The van der Waals surface area contributed by atoms with Gasteiger partial charge in [0.25, 0.3) is 6.71 Å². The molecular formula is C22H12BN3S2. The highest BCUT2D eigenvalue weighted by Gasteiger charge is 2.45. The molecule has 4 heterocycles. The zero-order valence-corrected chi connectivity index (χ0v) is 16.3. The Bertz CT molecular complexity index is 1220. The van der Waals surface area contributed by atoms with Crippen LogP contribution < -0.4 is 21.3 Å². The van der Waals surface area contributed by atoms with Gasteiger partial charge in [-0.05, 0) is 58.9 Å². The van der Waals surface area contributed by atoms with Gasteiger partial charge in [0.05, 0.1) is 0 Å². The van der Waals surface area contributed by atoms with Gasteiger partial charge in [0.2, 0.25) is 5.95 Å². The van der Waals surface area contributed by atoms with Crippen LogP contribution in [0.3, 0.4) is 0 Å². The van der Waals surface area contributed by atoms with Crippen molar-refractivity contribution in [3.8, 4) is 0 Å². The Morgan fingerprint density at radius 3 is 1.68 bits per heavy atom. The van der Waals surface area contributed by atoms with Gasteiger partial charge in [-0.1, -0.05) is 41.7 Å². The average molecular weight is 393 g/mol. The van der Waals surface area contributed by atoms with E-state index in [4.69, 9.17) is 0 Å². The van der Waals surface area contributed by atoms with Crippen molar-refractivity contribution in [1.82, 2.24) is 9.97 Å². The third-order valence-corrected chi connectivity index (χ3v) is 7.96. The van der Waals surface area contributed by atoms with E-state index in [2.05, 4.69) is 69.5 Å². The highest BCUT2D eigenvalue weighted by atomic mass is 32.2. The maximum atomic E-state index is 4.59. The lowest BCUT2D eigenvalue weighted by Gasteiger charge is -2.42. The summed E-state index contributed by atoms with van der Waals surface area (Å²) < 4.78 is 0. The molecule has 3 aromatic carbocycles. The van der Waals surface area contributed by atoms with Gasteiger partial charge in [0.1, 0.15) is 0 Å². The number of benzene rings is 3. The Kier molecular flexibility index (Phi) is 2.96. The second-order valence-corrected chi connectivity index (χ2v) is 9.23. The molecule has 3 aliphatic rings. The lowest BCUT2D eigenvalue weighted by Crippen LogP contribution is -2.62. The molecule has 0 saturated carbocycles. The summed E-state index contributed by atoms with van der Waals surface area (Å²) in [7, 11) is 0. The van der Waals surface area contributed by atoms with Crippen LogP contribution in [0.4, 0.5) is 17.3 Å². The number of aromatic nitrogens is 2. The molecule has 0 unspecified atom stereocenters. The number of nitrogens with zero attached hydrogens (tertiary/aromatic N) is 3. The maximum Gasteiger partial charge on any atom is 0.252 e. The molecule has 0 bridgehead atoms. The summed E-state index contributed by atoms with van der Waals surface area (Å²) >= 11 is 3.77. The molecule has 0 N–H and O–H groups in total.